The predicted octanol–water partition coefficient (Wildman–Crippen LogP) is 1.34. The van der Waals surface area contributed by atoms with E-state index in [1.54, 1.807) is 0 Å². The minimum Gasteiger partial charge on any atom is -0.459 e. The number of ether oxygens (including phenoxy) is 1. The highest BCUT2D eigenvalue weighted by atomic mass is 16.6. The summed E-state index contributed by atoms with van der Waals surface area (Å²) in [5.41, 5.74) is 5.33. The molecule has 0 rings (SSSR count). The lowest BCUT2D eigenvalue weighted by atomic mass is 10.2. The van der Waals surface area contributed by atoms with Gasteiger partial charge in [0, 0.05) is 0 Å². The van der Waals surface area contributed by atoms with Gasteiger partial charge in [0.15, 0.2) is 0 Å². The zero-order chi connectivity index (χ0) is 12.2. The molecule has 4 heteroatoms. The van der Waals surface area contributed by atoms with Gasteiger partial charge in [0.1, 0.15) is 11.6 Å². The van der Waals surface area contributed by atoms with Gasteiger partial charge >= 0.3 is 5.97 Å². The van der Waals surface area contributed by atoms with E-state index in [2.05, 4.69) is 0 Å². The van der Waals surface area contributed by atoms with Gasteiger partial charge in [-0.05, 0) is 41.2 Å². The van der Waals surface area contributed by atoms with Crippen LogP contribution in [-0.2, 0) is 9.53 Å². The molecule has 2 atom stereocenters. The van der Waals surface area contributed by atoms with E-state index in [0.29, 0.717) is 0 Å². The van der Waals surface area contributed by atoms with Gasteiger partial charge in [-0.3, -0.25) is 9.69 Å². The maximum Gasteiger partial charge on any atom is 0.323 e. The van der Waals surface area contributed by atoms with E-state index in [1.165, 1.54) is 0 Å². The van der Waals surface area contributed by atoms with E-state index in [-0.39, 0.29) is 18.2 Å². The molecule has 4 nitrogen and oxygen atoms in total. The highest BCUT2D eigenvalue weighted by molar-refractivity contribution is 5.75. The molecule has 0 aliphatic heterocycles. The number of nitrogens with two attached hydrogens (primary N) is 1. The summed E-state index contributed by atoms with van der Waals surface area (Å²) in [6.45, 7) is 12.0. The number of hydrogen-bond acceptors (Lipinski definition) is 4. The van der Waals surface area contributed by atoms with Crippen molar-refractivity contribution in [3.8, 4) is 0 Å². The van der Waals surface area contributed by atoms with Crippen LogP contribution in [0.4, 0.5) is 0 Å². The summed E-state index contributed by atoms with van der Waals surface area (Å²) in [5.74, 6) is -0.221. The van der Waals surface area contributed by atoms with Gasteiger partial charge in [-0.2, -0.15) is 0 Å². The number of rotatable bonds is 4. The fourth-order valence-electron chi connectivity index (χ4n) is 1.44. The monoisotopic (exact) mass is 216 g/mol. The molecule has 0 amide bonds. The Kier molecular flexibility index (Phi) is 5.24. The van der Waals surface area contributed by atoms with E-state index in [1.807, 2.05) is 46.4 Å². The lowest BCUT2D eigenvalue weighted by molar-refractivity contribution is -0.161. The Bertz CT molecular complexity index is 209. The lowest BCUT2D eigenvalue weighted by Gasteiger charge is -2.31. The first kappa shape index (κ1) is 14.4. The number of esters is 1. The van der Waals surface area contributed by atoms with Gasteiger partial charge in [-0.1, -0.05) is 6.92 Å². The maximum atomic E-state index is 11.7. The van der Waals surface area contributed by atoms with Gasteiger partial charge in [-0.25, -0.2) is 0 Å². The largest absolute Gasteiger partial charge is 0.459 e. The molecule has 2 unspecified atom stereocenters. The van der Waals surface area contributed by atoms with Crippen molar-refractivity contribution in [3.63, 3.8) is 0 Å². The normalized spacial score (nSPS) is 16.3. The fourth-order valence-corrected chi connectivity index (χ4v) is 1.44. The molecule has 0 radical (unpaired) electrons. The average molecular weight is 216 g/mol. The van der Waals surface area contributed by atoms with Crippen LogP contribution in [0.25, 0.3) is 0 Å². The summed E-state index contributed by atoms with van der Waals surface area (Å²) >= 11 is 0. The van der Waals surface area contributed by atoms with Crippen molar-refractivity contribution in [1.29, 1.82) is 0 Å². The second-order valence-corrected chi connectivity index (χ2v) is 4.78. The highest BCUT2D eigenvalue weighted by Crippen LogP contribution is 2.11. The molecule has 2 N–H and O–H groups in total. The number of hydrogen-bond donors (Lipinski definition) is 1. The number of carbonyl (C=O) groups excluding carboxylic acids is 1. The quantitative estimate of drug-likeness (QED) is 0.569. The van der Waals surface area contributed by atoms with Crippen molar-refractivity contribution in [2.45, 2.75) is 59.4 Å². The van der Waals surface area contributed by atoms with Crippen molar-refractivity contribution in [2.75, 3.05) is 6.54 Å². The van der Waals surface area contributed by atoms with Crippen molar-refractivity contribution < 1.29 is 9.53 Å². The Labute approximate surface area is 92.8 Å². The summed E-state index contributed by atoms with van der Waals surface area (Å²) in [5, 5.41) is 0. The molecule has 0 aromatic carbocycles. The smallest absolute Gasteiger partial charge is 0.323 e. The topological polar surface area (TPSA) is 55.6 Å². The molecule has 0 fully saturated rings. The van der Waals surface area contributed by atoms with Crippen LogP contribution in [0.2, 0.25) is 0 Å². The zero-order valence-corrected chi connectivity index (χ0v) is 10.7. The van der Waals surface area contributed by atoms with Crippen LogP contribution in [0, 0.1) is 0 Å². The van der Waals surface area contributed by atoms with Crippen molar-refractivity contribution in [2.24, 2.45) is 5.73 Å². The second kappa shape index (κ2) is 5.47. The average Bonchev–Trinajstić information content (AvgIpc) is 2.01. The van der Waals surface area contributed by atoms with Crippen LogP contribution in [-0.4, -0.2) is 35.2 Å². The third-order valence-electron chi connectivity index (χ3n) is 2.13. The first-order chi connectivity index (χ1) is 6.69. The van der Waals surface area contributed by atoms with Crippen molar-refractivity contribution in [3.05, 3.63) is 0 Å². The number of carbonyl (C=O) groups is 1. The first-order valence-corrected chi connectivity index (χ1v) is 5.43. The van der Waals surface area contributed by atoms with Crippen molar-refractivity contribution in [1.82, 2.24) is 4.90 Å². The van der Waals surface area contributed by atoms with Crippen LogP contribution in [0.15, 0.2) is 0 Å². The fraction of sp³-hybridized carbons (Fsp3) is 0.909. The molecule has 0 saturated heterocycles. The molecule has 0 aliphatic rings. The van der Waals surface area contributed by atoms with E-state index >= 15 is 0 Å². The summed E-state index contributed by atoms with van der Waals surface area (Å²) in [4.78, 5) is 13.6. The Morgan fingerprint density at radius 3 is 2.13 bits per heavy atom. The zero-order valence-electron chi connectivity index (χ0n) is 10.7. The predicted molar refractivity (Wildman–Crippen MR) is 61.3 cm³/mol. The Balaban J connectivity index is 4.42. The number of nitrogens with zero attached hydrogens (tertiary/aromatic N) is 1. The van der Waals surface area contributed by atoms with E-state index in [9.17, 15) is 4.79 Å². The standard InChI is InChI=1S/C11H24N2O2/c1-7-13(9(3)12)8(2)10(14)15-11(4,5)6/h8-9H,7,12H2,1-6H3. The second-order valence-electron chi connectivity index (χ2n) is 4.78. The SMILES string of the molecule is CCN(C(C)N)C(C)C(=O)OC(C)(C)C. The number of likely N-dealkylation sites (N-methyl/N-ethyl adjacent to an activating group) is 1. The first-order valence-electron chi connectivity index (χ1n) is 5.43. The minimum absolute atomic E-state index is 0.141. The molecule has 0 heterocycles. The summed E-state index contributed by atoms with van der Waals surface area (Å²) < 4.78 is 5.30. The molecular weight excluding hydrogens is 192 g/mol. The Hall–Kier alpha value is -0.610. The molecule has 0 saturated carbocycles. The van der Waals surface area contributed by atoms with Crippen LogP contribution < -0.4 is 5.73 Å². The molecule has 90 valence electrons. The molecule has 0 spiro atoms. The maximum absolute atomic E-state index is 11.7. The van der Waals surface area contributed by atoms with Crippen LogP contribution in [0.1, 0.15) is 41.5 Å². The van der Waals surface area contributed by atoms with Gasteiger partial charge in [0.25, 0.3) is 0 Å². The summed E-state index contributed by atoms with van der Waals surface area (Å²) in [7, 11) is 0. The van der Waals surface area contributed by atoms with Gasteiger partial charge < -0.3 is 10.5 Å². The Morgan fingerprint density at radius 1 is 1.40 bits per heavy atom. The Morgan fingerprint density at radius 2 is 1.87 bits per heavy atom. The molecular formula is C11H24N2O2. The molecule has 0 bridgehead atoms. The van der Waals surface area contributed by atoms with Crippen LogP contribution in [0.3, 0.4) is 0 Å². The lowest BCUT2D eigenvalue weighted by Crippen LogP contribution is -2.50. The van der Waals surface area contributed by atoms with Crippen molar-refractivity contribution >= 4 is 5.97 Å². The third-order valence-corrected chi connectivity index (χ3v) is 2.13. The van der Waals surface area contributed by atoms with E-state index in [0.717, 1.165) is 6.54 Å². The molecule has 0 aromatic rings. The third kappa shape index (κ3) is 5.14. The minimum atomic E-state index is -0.442. The summed E-state index contributed by atoms with van der Waals surface area (Å²) in [6, 6.07) is -0.297. The van der Waals surface area contributed by atoms with E-state index < -0.39 is 5.60 Å². The van der Waals surface area contributed by atoms with Gasteiger partial charge in [0.05, 0.1) is 6.17 Å². The summed E-state index contributed by atoms with van der Waals surface area (Å²) in [6.07, 6.45) is -0.141. The highest BCUT2D eigenvalue weighted by Gasteiger charge is 2.27. The van der Waals surface area contributed by atoms with E-state index in [4.69, 9.17) is 10.5 Å². The molecule has 0 aliphatic carbocycles. The van der Waals surface area contributed by atoms with Gasteiger partial charge in [-0.15, -0.1) is 0 Å². The van der Waals surface area contributed by atoms with Gasteiger partial charge in [0.2, 0.25) is 0 Å². The molecule has 0 aromatic heterocycles. The molecule has 15 heavy (non-hydrogen) atoms. The van der Waals surface area contributed by atoms with Crippen LogP contribution in [0.5, 0.6) is 0 Å². The van der Waals surface area contributed by atoms with Crippen LogP contribution >= 0.6 is 0 Å².